The first kappa shape index (κ1) is 19.6. The summed E-state index contributed by atoms with van der Waals surface area (Å²) in [6.45, 7) is 9.49. The van der Waals surface area contributed by atoms with Crippen LogP contribution in [0.3, 0.4) is 0 Å². The number of oxazole rings is 1. The van der Waals surface area contributed by atoms with Crippen molar-refractivity contribution in [1.29, 1.82) is 5.26 Å². The molecule has 29 heavy (non-hydrogen) atoms. The van der Waals surface area contributed by atoms with Gasteiger partial charge in [-0.2, -0.15) is 5.26 Å². The minimum absolute atomic E-state index is 0.00107. The van der Waals surface area contributed by atoms with Crippen molar-refractivity contribution in [1.82, 2.24) is 10.3 Å². The smallest absolute Gasteiger partial charge is 0.234 e. The molecule has 3 heterocycles. The van der Waals surface area contributed by atoms with Gasteiger partial charge >= 0.3 is 0 Å². The number of carbonyl (C=O) groups is 1. The Morgan fingerprint density at radius 1 is 1.31 bits per heavy atom. The summed E-state index contributed by atoms with van der Waals surface area (Å²) in [5, 5.41) is 12.5. The fourth-order valence-electron chi connectivity index (χ4n) is 4.65. The predicted molar refractivity (Wildman–Crippen MR) is 107 cm³/mol. The summed E-state index contributed by atoms with van der Waals surface area (Å²) in [5.74, 6) is 2.98. The molecule has 0 spiro atoms. The Bertz CT molecular complexity index is 957. The number of nitrogens with zero attached hydrogens (tertiary/aromatic N) is 3. The van der Waals surface area contributed by atoms with Crippen LogP contribution in [0, 0.1) is 36.5 Å². The molecular weight excluding hydrogens is 368 g/mol. The minimum atomic E-state index is -0.0395. The zero-order valence-electron chi connectivity index (χ0n) is 17.5. The van der Waals surface area contributed by atoms with Crippen LogP contribution < -0.4 is 10.2 Å². The van der Waals surface area contributed by atoms with Crippen molar-refractivity contribution in [3.8, 4) is 6.07 Å². The summed E-state index contributed by atoms with van der Waals surface area (Å²) in [4.78, 5) is 19.1. The number of piperidine rings is 1. The molecular formula is C22H28N4O3. The Balaban J connectivity index is 1.41. The molecule has 1 N–H and O–H groups in total. The summed E-state index contributed by atoms with van der Waals surface area (Å²) < 4.78 is 11.5. The van der Waals surface area contributed by atoms with Crippen molar-refractivity contribution < 1.29 is 13.6 Å². The number of rotatable bonds is 3. The third-order valence-corrected chi connectivity index (χ3v) is 6.03. The lowest BCUT2D eigenvalue weighted by Crippen LogP contribution is -2.43. The fourth-order valence-corrected chi connectivity index (χ4v) is 4.65. The van der Waals surface area contributed by atoms with E-state index in [9.17, 15) is 10.1 Å². The Morgan fingerprint density at radius 2 is 2.03 bits per heavy atom. The Morgan fingerprint density at radius 3 is 2.72 bits per heavy atom. The second-order valence-electron chi connectivity index (χ2n) is 9.10. The van der Waals surface area contributed by atoms with Crippen LogP contribution in [0.2, 0.25) is 0 Å². The van der Waals surface area contributed by atoms with Crippen molar-refractivity contribution in [2.75, 3.05) is 18.0 Å². The molecule has 0 bridgehead atoms. The van der Waals surface area contributed by atoms with Crippen LogP contribution >= 0.6 is 0 Å². The molecule has 1 amide bonds. The normalized spacial score (nSPS) is 21.5. The van der Waals surface area contributed by atoms with Gasteiger partial charge < -0.3 is 19.1 Å². The molecule has 2 aromatic rings. The maximum absolute atomic E-state index is 13.0. The number of anilines is 1. The maximum atomic E-state index is 13.0. The quantitative estimate of drug-likeness (QED) is 0.848. The van der Waals surface area contributed by atoms with Crippen molar-refractivity contribution in [3.63, 3.8) is 0 Å². The molecule has 154 valence electrons. The largest absolute Gasteiger partial charge is 0.466 e. The van der Waals surface area contributed by atoms with E-state index in [1.165, 1.54) is 0 Å². The lowest BCUT2D eigenvalue weighted by molar-refractivity contribution is -0.126. The Kier molecular flexibility index (Phi) is 4.89. The van der Waals surface area contributed by atoms with Gasteiger partial charge in [0.1, 0.15) is 17.6 Å². The number of fused-ring (bicyclic) bond motifs is 1. The summed E-state index contributed by atoms with van der Waals surface area (Å²) >= 11 is 0. The monoisotopic (exact) mass is 396 g/mol. The lowest BCUT2D eigenvalue weighted by Gasteiger charge is -2.36. The predicted octanol–water partition coefficient (Wildman–Crippen LogP) is 3.80. The molecule has 0 radical (unpaired) electrons. The number of aromatic nitrogens is 1. The fraction of sp³-hybridized carbons (Fsp3) is 0.591. The molecule has 1 fully saturated rings. The van der Waals surface area contributed by atoms with E-state index in [4.69, 9.17) is 8.83 Å². The van der Waals surface area contributed by atoms with Gasteiger partial charge in [0, 0.05) is 37.9 Å². The Labute approximate surface area is 171 Å². The highest BCUT2D eigenvalue weighted by molar-refractivity contribution is 5.79. The minimum Gasteiger partial charge on any atom is -0.466 e. The molecule has 1 atom stereocenters. The summed E-state index contributed by atoms with van der Waals surface area (Å²) in [6.07, 6.45) is 3.26. The second-order valence-corrected chi connectivity index (χ2v) is 9.10. The van der Waals surface area contributed by atoms with Gasteiger partial charge in [0.05, 0.1) is 6.04 Å². The molecule has 2 aliphatic rings. The second kappa shape index (κ2) is 7.25. The molecule has 1 aliphatic heterocycles. The van der Waals surface area contributed by atoms with Gasteiger partial charge in [-0.15, -0.1) is 0 Å². The number of nitriles is 1. The number of hydrogen-bond donors (Lipinski definition) is 1. The van der Waals surface area contributed by atoms with Gasteiger partial charge in [0.15, 0.2) is 5.89 Å². The van der Waals surface area contributed by atoms with E-state index in [-0.39, 0.29) is 23.3 Å². The average Bonchev–Trinajstić information content (AvgIpc) is 3.22. The van der Waals surface area contributed by atoms with Gasteiger partial charge in [-0.1, -0.05) is 13.8 Å². The molecule has 1 saturated heterocycles. The zero-order chi connectivity index (χ0) is 20.8. The van der Waals surface area contributed by atoms with Crippen molar-refractivity contribution in [2.24, 2.45) is 11.3 Å². The molecule has 2 aromatic heterocycles. The molecule has 4 rings (SSSR count). The molecule has 7 nitrogen and oxygen atoms in total. The summed E-state index contributed by atoms with van der Waals surface area (Å²) in [5.41, 5.74) is 1.54. The number of hydrogen-bond acceptors (Lipinski definition) is 6. The standard InChI is InChI=1S/C22H28N4O3/c1-13-9-16-17(10-22(3,4)11-19(16)28-13)25-20(27)15-5-7-26(8-6-15)21-18(12-23)24-14(2)29-21/h9,15,17H,5-8,10-11H2,1-4H3,(H,25,27)/t17-/m1/s1. The van der Waals surface area contributed by atoms with Gasteiger partial charge in [-0.05, 0) is 37.7 Å². The average molecular weight is 396 g/mol. The zero-order valence-corrected chi connectivity index (χ0v) is 17.5. The number of furan rings is 1. The van der Waals surface area contributed by atoms with Crippen LogP contribution in [0.4, 0.5) is 5.88 Å². The highest BCUT2D eigenvalue weighted by Gasteiger charge is 2.37. The third-order valence-electron chi connectivity index (χ3n) is 6.03. The number of carbonyl (C=O) groups excluding carboxylic acids is 1. The van der Waals surface area contributed by atoms with Crippen LogP contribution in [0.5, 0.6) is 0 Å². The van der Waals surface area contributed by atoms with E-state index >= 15 is 0 Å². The SMILES string of the molecule is Cc1cc2c(o1)CC(C)(C)C[C@H]2NC(=O)C1CCN(c2oc(C)nc2C#N)CC1. The van der Waals surface area contributed by atoms with Crippen LogP contribution in [0.15, 0.2) is 14.9 Å². The van der Waals surface area contributed by atoms with Crippen LogP contribution in [0.25, 0.3) is 0 Å². The van der Waals surface area contributed by atoms with E-state index in [0.29, 0.717) is 30.6 Å². The number of amides is 1. The van der Waals surface area contributed by atoms with E-state index in [2.05, 4.69) is 36.3 Å². The van der Waals surface area contributed by atoms with Crippen LogP contribution in [0.1, 0.15) is 67.8 Å². The van der Waals surface area contributed by atoms with Gasteiger partial charge in [-0.3, -0.25) is 4.79 Å². The first-order valence-corrected chi connectivity index (χ1v) is 10.3. The molecule has 0 unspecified atom stereocenters. The van der Waals surface area contributed by atoms with E-state index in [0.717, 1.165) is 42.8 Å². The number of nitrogens with one attached hydrogen (secondary N) is 1. The van der Waals surface area contributed by atoms with Crippen LogP contribution in [-0.4, -0.2) is 24.0 Å². The maximum Gasteiger partial charge on any atom is 0.234 e. The molecule has 0 aromatic carbocycles. The van der Waals surface area contributed by atoms with E-state index in [1.54, 1.807) is 6.92 Å². The van der Waals surface area contributed by atoms with Crippen molar-refractivity contribution >= 4 is 11.8 Å². The summed E-state index contributed by atoms with van der Waals surface area (Å²) in [7, 11) is 0. The van der Waals surface area contributed by atoms with Crippen molar-refractivity contribution in [2.45, 2.75) is 59.4 Å². The molecule has 0 saturated carbocycles. The van der Waals surface area contributed by atoms with Gasteiger partial charge in [0.25, 0.3) is 0 Å². The lowest BCUT2D eigenvalue weighted by atomic mass is 9.74. The van der Waals surface area contributed by atoms with Gasteiger partial charge in [0.2, 0.25) is 17.5 Å². The molecule has 7 heteroatoms. The first-order chi connectivity index (χ1) is 13.8. The van der Waals surface area contributed by atoms with Gasteiger partial charge in [-0.25, -0.2) is 4.98 Å². The van der Waals surface area contributed by atoms with E-state index in [1.807, 2.05) is 11.8 Å². The van der Waals surface area contributed by atoms with Crippen molar-refractivity contribution in [3.05, 3.63) is 34.7 Å². The molecule has 1 aliphatic carbocycles. The van der Waals surface area contributed by atoms with E-state index < -0.39 is 0 Å². The Hall–Kier alpha value is -2.75. The highest BCUT2D eigenvalue weighted by atomic mass is 16.4. The highest BCUT2D eigenvalue weighted by Crippen LogP contribution is 2.42. The van der Waals surface area contributed by atoms with Crippen LogP contribution in [-0.2, 0) is 11.2 Å². The third kappa shape index (κ3) is 3.89. The summed E-state index contributed by atoms with van der Waals surface area (Å²) in [6, 6.07) is 4.15. The first-order valence-electron chi connectivity index (χ1n) is 10.3. The number of aryl methyl sites for hydroxylation is 2. The topological polar surface area (TPSA) is 95.3 Å².